The molecule has 4 fully saturated rings. The topological polar surface area (TPSA) is 54.4 Å². The van der Waals surface area contributed by atoms with Crippen LogP contribution in [0.3, 0.4) is 0 Å². The van der Waals surface area contributed by atoms with E-state index < -0.39 is 6.10 Å². The van der Waals surface area contributed by atoms with Crippen molar-refractivity contribution in [2.45, 2.75) is 71.3 Å². The van der Waals surface area contributed by atoms with Crippen LogP contribution < -0.4 is 0 Å². The van der Waals surface area contributed by atoms with Crippen LogP contribution in [-0.2, 0) is 9.59 Å². The summed E-state index contributed by atoms with van der Waals surface area (Å²) >= 11 is 0. The van der Waals surface area contributed by atoms with Crippen LogP contribution in [0.2, 0.25) is 0 Å². The average molecular weight is 304 g/mol. The van der Waals surface area contributed by atoms with Gasteiger partial charge in [-0.3, -0.25) is 9.59 Å². The Morgan fingerprint density at radius 1 is 0.909 bits per heavy atom. The molecule has 0 aromatic heterocycles. The Hall–Kier alpha value is -0.700. The van der Waals surface area contributed by atoms with Crippen molar-refractivity contribution in [1.82, 2.24) is 0 Å². The molecule has 0 unspecified atom stereocenters. The van der Waals surface area contributed by atoms with Gasteiger partial charge in [0.25, 0.3) is 0 Å². The maximum atomic E-state index is 12.4. The molecular weight excluding hydrogens is 276 g/mol. The normalized spacial score (nSPS) is 54.6. The predicted octanol–water partition coefficient (Wildman–Crippen LogP) is 3.14. The lowest BCUT2D eigenvalue weighted by atomic mass is 9.45. The van der Waals surface area contributed by atoms with Crippen molar-refractivity contribution in [1.29, 1.82) is 0 Å². The highest BCUT2D eigenvalue weighted by Gasteiger charge is 2.61. The van der Waals surface area contributed by atoms with E-state index in [1.807, 2.05) is 0 Å². The van der Waals surface area contributed by atoms with E-state index in [9.17, 15) is 14.7 Å². The molecule has 22 heavy (non-hydrogen) atoms. The Labute approximate surface area is 132 Å². The number of aliphatic hydroxyl groups is 1. The minimum Gasteiger partial charge on any atom is -0.385 e. The van der Waals surface area contributed by atoms with E-state index >= 15 is 0 Å². The number of aliphatic hydroxyl groups excluding tert-OH is 1. The smallest absolute Gasteiger partial charge is 0.161 e. The number of fused-ring (bicyclic) bond motifs is 5. The monoisotopic (exact) mass is 304 g/mol. The molecule has 0 amide bonds. The number of hydrogen-bond donors (Lipinski definition) is 1. The lowest BCUT2D eigenvalue weighted by molar-refractivity contribution is -0.162. The zero-order valence-electron chi connectivity index (χ0n) is 13.8. The first-order valence-corrected chi connectivity index (χ1v) is 9.12. The van der Waals surface area contributed by atoms with E-state index in [2.05, 4.69) is 13.8 Å². The summed E-state index contributed by atoms with van der Waals surface area (Å²) in [5.41, 5.74) is 0.0245. The minimum atomic E-state index is -0.738. The number of carbonyl (C=O) groups excluding carboxylic acids is 2. The minimum absolute atomic E-state index is 0.0533. The molecule has 0 heterocycles. The lowest BCUT2D eigenvalue weighted by Gasteiger charge is -2.60. The van der Waals surface area contributed by atoms with Gasteiger partial charge in [0.05, 0.1) is 0 Å². The summed E-state index contributed by atoms with van der Waals surface area (Å²) in [7, 11) is 0. The van der Waals surface area contributed by atoms with Crippen molar-refractivity contribution < 1.29 is 14.7 Å². The van der Waals surface area contributed by atoms with Gasteiger partial charge in [0.2, 0.25) is 0 Å². The van der Waals surface area contributed by atoms with Crippen molar-refractivity contribution >= 4 is 11.6 Å². The molecule has 0 aromatic rings. The number of Topliss-reactive ketones (excluding diaryl/α,β-unsaturated/α-hetero) is 2. The van der Waals surface area contributed by atoms with Gasteiger partial charge < -0.3 is 5.11 Å². The summed E-state index contributed by atoms with van der Waals surface area (Å²) < 4.78 is 0. The Morgan fingerprint density at radius 3 is 2.45 bits per heavy atom. The zero-order chi connectivity index (χ0) is 15.7. The van der Waals surface area contributed by atoms with Crippen molar-refractivity contribution in [3.8, 4) is 0 Å². The Kier molecular flexibility index (Phi) is 3.15. The predicted molar refractivity (Wildman–Crippen MR) is 83.1 cm³/mol. The third-order valence-corrected chi connectivity index (χ3v) is 8.27. The molecule has 7 atom stereocenters. The fourth-order valence-electron chi connectivity index (χ4n) is 6.91. The zero-order valence-corrected chi connectivity index (χ0v) is 13.8. The standard InChI is InChI=1S/C19H28O3/c1-18-10-8-15(20)17(22)14(18)4-3-11-12-5-6-16(21)19(12,2)9-7-13(11)18/h11-14,17,22H,3-10H2,1-2H3/t11-,12-,13-,14-,17-,18+,19-/m0/s1. The van der Waals surface area contributed by atoms with Crippen LogP contribution in [-0.4, -0.2) is 22.8 Å². The summed E-state index contributed by atoms with van der Waals surface area (Å²) in [6.07, 6.45) is 6.77. The highest BCUT2D eigenvalue weighted by Crippen LogP contribution is 2.65. The van der Waals surface area contributed by atoms with Gasteiger partial charge in [-0.05, 0) is 67.6 Å². The number of rotatable bonds is 0. The van der Waals surface area contributed by atoms with Crippen molar-refractivity contribution in [3.63, 3.8) is 0 Å². The highest BCUT2D eigenvalue weighted by atomic mass is 16.3. The molecule has 3 nitrogen and oxygen atoms in total. The molecule has 4 saturated carbocycles. The van der Waals surface area contributed by atoms with Crippen LogP contribution in [0, 0.1) is 34.5 Å². The van der Waals surface area contributed by atoms with Crippen LogP contribution in [0.4, 0.5) is 0 Å². The third-order valence-electron chi connectivity index (χ3n) is 8.27. The van der Waals surface area contributed by atoms with E-state index in [-0.39, 0.29) is 22.5 Å². The Morgan fingerprint density at radius 2 is 1.68 bits per heavy atom. The summed E-state index contributed by atoms with van der Waals surface area (Å²) in [4.78, 5) is 24.3. The summed E-state index contributed by atoms with van der Waals surface area (Å²) in [6.45, 7) is 4.53. The summed E-state index contributed by atoms with van der Waals surface area (Å²) in [5.74, 6) is 2.47. The second-order valence-corrected chi connectivity index (χ2v) is 8.90. The molecular formula is C19H28O3. The molecule has 4 rings (SSSR count). The van der Waals surface area contributed by atoms with Gasteiger partial charge >= 0.3 is 0 Å². The molecule has 0 saturated heterocycles. The molecule has 4 aliphatic carbocycles. The van der Waals surface area contributed by atoms with Gasteiger partial charge in [0, 0.05) is 18.3 Å². The molecule has 122 valence electrons. The van der Waals surface area contributed by atoms with Crippen molar-refractivity contribution in [2.24, 2.45) is 34.5 Å². The van der Waals surface area contributed by atoms with E-state index in [1.165, 1.54) is 0 Å². The molecule has 1 N–H and O–H groups in total. The molecule has 4 aliphatic rings. The van der Waals surface area contributed by atoms with Gasteiger partial charge in [0.15, 0.2) is 5.78 Å². The van der Waals surface area contributed by atoms with Gasteiger partial charge in [0.1, 0.15) is 11.9 Å². The molecule has 0 aromatic carbocycles. The molecule has 0 bridgehead atoms. The van der Waals surface area contributed by atoms with Crippen LogP contribution in [0.5, 0.6) is 0 Å². The quantitative estimate of drug-likeness (QED) is 0.748. The van der Waals surface area contributed by atoms with Crippen LogP contribution in [0.25, 0.3) is 0 Å². The van der Waals surface area contributed by atoms with E-state index in [0.29, 0.717) is 30.0 Å². The molecule has 0 spiro atoms. The number of carbonyl (C=O) groups is 2. The van der Waals surface area contributed by atoms with Crippen LogP contribution in [0.1, 0.15) is 65.2 Å². The Balaban J connectivity index is 1.67. The lowest BCUT2D eigenvalue weighted by Crippen LogP contribution is -2.57. The molecule has 0 aliphatic heterocycles. The first-order chi connectivity index (χ1) is 10.4. The third kappa shape index (κ3) is 1.72. The van der Waals surface area contributed by atoms with Crippen LogP contribution in [0.15, 0.2) is 0 Å². The number of hydrogen-bond acceptors (Lipinski definition) is 3. The Bertz CT molecular complexity index is 527. The maximum Gasteiger partial charge on any atom is 0.161 e. The largest absolute Gasteiger partial charge is 0.385 e. The summed E-state index contributed by atoms with van der Waals surface area (Å²) in [5, 5.41) is 10.4. The second kappa shape index (κ2) is 4.66. The van der Waals surface area contributed by atoms with Gasteiger partial charge in [-0.2, -0.15) is 0 Å². The number of ketones is 2. The highest BCUT2D eigenvalue weighted by molar-refractivity contribution is 5.87. The van der Waals surface area contributed by atoms with E-state index in [1.54, 1.807) is 0 Å². The molecule has 0 radical (unpaired) electrons. The fourth-order valence-corrected chi connectivity index (χ4v) is 6.91. The second-order valence-electron chi connectivity index (χ2n) is 8.90. The van der Waals surface area contributed by atoms with Crippen molar-refractivity contribution in [3.05, 3.63) is 0 Å². The van der Waals surface area contributed by atoms with E-state index in [4.69, 9.17) is 0 Å². The average Bonchev–Trinajstić information content (AvgIpc) is 2.79. The van der Waals surface area contributed by atoms with E-state index in [0.717, 1.165) is 44.9 Å². The first-order valence-electron chi connectivity index (χ1n) is 9.12. The fraction of sp³-hybridized carbons (Fsp3) is 0.895. The first kappa shape index (κ1) is 14.9. The SMILES string of the molecule is C[C@]12CCC(=O)[C@@H](O)[C@@H]1CC[C@@H]1[C@@H]2CC[C@]2(C)C(=O)CC[C@@H]12. The van der Waals surface area contributed by atoms with Gasteiger partial charge in [-0.1, -0.05) is 13.8 Å². The molecule has 3 heteroatoms. The van der Waals surface area contributed by atoms with Gasteiger partial charge in [-0.25, -0.2) is 0 Å². The maximum absolute atomic E-state index is 12.4. The van der Waals surface area contributed by atoms with Crippen molar-refractivity contribution in [2.75, 3.05) is 0 Å². The van der Waals surface area contributed by atoms with Gasteiger partial charge in [-0.15, -0.1) is 0 Å². The summed E-state index contributed by atoms with van der Waals surface area (Å²) in [6, 6.07) is 0. The van der Waals surface area contributed by atoms with Crippen LogP contribution >= 0.6 is 0 Å².